The molecule has 1 aliphatic heterocycles. The molecule has 0 aromatic heterocycles. The number of nitrogens with zero attached hydrogens (tertiary/aromatic N) is 1. The summed E-state index contributed by atoms with van der Waals surface area (Å²) in [5.41, 5.74) is 0.756. The lowest BCUT2D eigenvalue weighted by Crippen LogP contribution is -2.42. The van der Waals surface area contributed by atoms with Gasteiger partial charge in [0, 0.05) is 29.2 Å². The Morgan fingerprint density at radius 2 is 1.86 bits per heavy atom. The lowest BCUT2D eigenvalue weighted by molar-refractivity contribution is -0.120. The summed E-state index contributed by atoms with van der Waals surface area (Å²) >= 11 is 3.35. The average molecular weight is 375 g/mol. The van der Waals surface area contributed by atoms with Crippen LogP contribution in [-0.4, -0.2) is 37.5 Å². The van der Waals surface area contributed by atoms with Gasteiger partial charge in [-0.15, -0.1) is 0 Å². The van der Waals surface area contributed by atoms with Crippen LogP contribution in [0.2, 0.25) is 0 Å². The summed E-state index contributed by atoms with van der Waals surface area (Å²) in [6.07, 6.45) is 1.14. The van der Waals surface area contributed by atoms with E-state index >= 15 is 0 Å². The fraction of sp³-hybridized carbons (Fsp3) is 0.500. The normalized spacial score (nSPS) is 17.6. The number of benzene rings is 1. The van der Waals surface area contributed by atoms with Crippen molar-refractivity contribution < 1.29 is 13.2 Å². The highest BCUT2D eigenvalue weighted by molar-refractivity contribution is 9.10. The second-order valence-corrected chi connectivity index (χ2v) is 8.24. The lowest BCUT2D eigenvalue weighted by Gasteiger charge is -2.30. The number of hydrogen-bond acceptors (Lipinski definition) is 3. The molecule has 0 bridgehead atoms. The molecule has 1 aromatic carbocycles. The maximum atomic E-state index is 12.2. The van der Waals surface area contributed by atoms with Crippen molar-refractivity contribution >= 4 is 37.5 Å². The molecule has 1 aliphatic rings. The molecule has 0 aliphatic carbocycles. The van der Waals surface area contributed by atoms with Gasteiger partial charge in [-0.05, 0) is 44.0 Å². The number of rotatable bonds is 4. The molecule has 2 rings (SSSR count). The zero-order valence-corrected chi connectivity index (χ0v) is 14.3. The van der Waals surface area contributed by atoms with Gasteiger partial charge in [-0.25, -0.2) is 12.7 Å². The first-order valence-electron chi connectivity index (χ1n) is 6.96. The van der Waals surface area contributed by atoms with Crippen molar-refractivity contribution in [1.82, 2.24) is 4.31 Å². The van der Waals surface area contributed by atoms with Crippen LogP contribution in [0.1, 0.15) is 19.8 Å². The molecular formula is C14H19BrN2O3S. The number of carbonyl (C=O) groups is 1. The van der Waals surface area contributed by atoms with E-state index in [2.05, 4.69) is 21.2 Å². The number of halogens is 1. The first kappa shape index (κ1) is 16.5. The molecule has 1 saturated heterocycles. The average Bonchev–Trinajstić information content (AvgIpc) is 2.49. The highest BCUT2D eigenvalue weighted by Gasteiger charge is 2.30. The number of amides is 1. The first-order chi connectivity index (χ1) is 9.92. The third kappa shape index (κ3) is 4.28. The van der Waals surface area contributed by atoms with Crippen LogP contribution in [0.5, 0.6) is 0 Å². The van der Waals surface area contributed by atoms with Crippen molar-refractivity contribution in [3.63, 3.8) is 0 Å². The van der Waals surface area contributed by atoms with Gasteiger partial charge in [-0.1, -0.05) is 15.9 Å². The number of nitrogens with one attached hydrogen (secondary N) is 1. The molecule has 1 fully saturated rings. The predicted molar refractivity (Wildman–Crippen MR) is 86.5 cm³/mol. The molecule has 1 amide bonds. The first-order valence-corrected chi connectivity index (χ1v) is 9.37. The maximum absolute atomic E-state index is 12.2. The molecule has 1 N–H and O–H groups in total. The number of sulfonamides is 1. The van der Waals surface area contributed by atoms with Gasteiger partial charge in [0.2, 0.25) is 15.9 Å². The van der Waals surface area contributed by atoms with Crippen LogP contribution in [0.15, 0.2) is 28.7 Å². The quantitative estimate of drug-likeness (QED) is 0.879. The van der Waals surface area contributed by atoms with E-state index in [9.17, 15) is 13.2 Å². The van der Waals surface area contributed by atoms with E-state index in [1.54, 1.807) is 6.92 Å². The van der Waals surface area contributed by atoms with Crippen LogP contribution in [-0.2, 0) is 14.8 Å². The van der Waals surface area contributed by atoms with Crippen molar-refractivity contribution in [1.29, 1.82) is 0 Å². The molecule has 21 heavy (non-hydrogen) atoms. The highest BCUT2D eigenvalue weighted by Crippen LogP contribution is 2.22. The zero-order chi connectivity index (χ0) is 15.5. The second-order valence-electron chi connectivity index (χ2n) is 5.07. The topological polar surface area (TPSA) is 66.5 Å². The van der Waals surface area contributed by atoms with Gasteiger partial charge in [0.05, 0.1) is 5.75 Å². The molecule has 0 unspecified atom stereocenters. The van der Waals surface area contributed by atoms with E-state index in [1.807, 2.05) is 24.3 Å². The standard InChI is InChI=1S/C14H19BrN2O3S/c1-2-21(19,20)17-9-7-11(8-10-17)14(18)16-13-5-3-12(15)4-6-13/h3-6,11H,2,7-10H2,1H3,(H,16,18). The Hall–Kier alpha value is -0.920. The minimum Gasteiger partial charge on any atom is -0.326 e. The third-order valence-electron chi connectivity index (χ3n) is 3.69. The molecule has 0 saturated carbocycles. The minimum atomic E-state index is -3.14. The zero-order valence-electron chi connectivity index (χ0n) is 11.9. The van der Waals surface area contributed by atoms with Crippen LogP contribution in [0.3, 0.4) is 0 Å². The summed E-state index contributed by atoms with van der Waals surface area (Å²) in [7, 11) is -3.14. The lowest BCUT2D eigenvalue weighted by atomic mass is 9.97. The van der Waals surface area contributed by atoms with E-state index < -0.39 is 10.0 Å². The molecule has 1 heterocycles. The molecule has 0 atom stereocenters. The van der Waals surface area contributed by atoms with Crippen LogP contribution < -0.4 is 5.32 Å². The molecule has 1 aromatic rings. The highest BCUT2D eigenvalue weighted by atomic mass is 79.9. The van der Waals surface area contributed by atoms with Gasteiger partial charge < -0.3 is 5.32 Å². The van der Waals surface area contributed by atoms with Gasteiger partial charge in [-0.3, -0.25) is 4.79 Å². The molecule has 5 nitrogen and oxygen atoms in total. The van der Waals surface area contributed by atoms with Crippen molar-refractivity contribution in [2.45, 2.75) is 19.8 Å². The smallest absolute Gasteiger partial charge is 0.227 e. The van der Waals surface area contributed by atoms with E-state index in [4.69, 9.17) is 0 Å². The van der Waals surface area contributed by atoms with Crippen LogP contribution >= 0.6 is 15.9 Å². The number of piperidine rings is 1. The predicted octanol–water partition coefficient (Wildman–Crippen LogP) is 2.45. The molecule has 0 radical (unpaired) electrons. The summed E-state index contributed by atoms with van der Waals surface area (Å²) in [5.74, 6) is -0.0502. The van der Waals surface area contributed by atoms with Gasteiger partial charge in [0.25, 0.3) is 0 Å². The van der Waals surface area contributed by atoms with E-state index in [-0.39, 0.29) is 17.6 Å². The molecule has 116 valence electrons. The summed E-state index contributed by atoms with van der Waals surface area (Å²) in [6, 6.07) is 7.40. The number of hydrogen-bond donors (Lipinski definition) is 1. The van der Waals surface area contributed by atoms with Crippen molar-refractivity contribution in [2.24, 2.45) is 5.92 Å². The number of carbonyl (C=O) groups excluding carboxylic acids is 1. The Bertz CT molecular complexity index is 593. The van der Waals surface area contributed by atoms with E-state index in [0.29, 0.717) is 25.9 Å². The van der Waals surface area contributed by atoms with Crippen molar-refractivity contribution in [3.8, 4) is 0 Å². The van der Waals surface area contributed by atoms with Crippen LogP contribution in [0.25, 0.3) is 0 Å². The Morgan fingerprint density at radius 1 is 1.29 bits per heavy atom. The Balaban J connectivity index is 1.90. The molecule has 7 heteroatoms. The van der Waals surface area contributed by atoms with Crippen molar-refractivity contribution in [3.05, 3.63) is 28.7 Å². The van der Waals surface area contributed by atoms with Crippen molar-refractivity contribution in [2.75, 3.05) is 24.2 Å². The third-order valence-corrected chi connectivity index (χ3v) is 6.10. The summed E-state index contributed by atoms with van der Waals surface area (Å²) in [6.45, 7) is 2.49. The molecular weight excluding hydrogens is 356 g/mol. The van der Waals surface area contributed by atoms with E-state index in [0.717, 1.165) is 10.2 Å². The van der Waals surface area contributed by atoms with E-state index in [1.165, 1.54) is 4.31 Å². The SMILES string of the molecule is CCS(=O)(=O)N1CCC(C(=O)Nc2ccc(Br)cc2)CC1. The molecule has 0 spiro atoms. The van der Waals surface area contributed by atoms with Crippen LogP contribution in [0.4, 0.5) is 5.69 Å². The van der Waals surface area contributed by atoms with Gasteiger partial charge in [-0.2, -0.15) is 0 Å². The summed E-state index contributed by atoms with van der Waals surface area (Å²) < 4.78 is 26.0. The Labute approximate surface area is 133 Å². The second kappa shape index (κ2) is 6.89. The Kier molecular flexibility index (Phi) is 5.40. The van der Waals surface area contributed by atoms with Gasteiger partial charge in [0.1, 0.15) is 0 Å². The fourth-order valence-electron chi connectivity index (χ4n) is 2.36. The Morgan fingerprint density at radius 3 is 2.38 bits per heavy atom. The largest absolute Gasteiger partial charge is 0.326 e. The summed E-state index contributed by atoms with van der Waals surface area (Å²) in [4.78, 5) is 12.2. The fourth-order valence-corrected chi connectivity index (χ4v) is 3.75. The van der Waals surface area contributed by atoms with Gasteiger partial charge in [0.15, 0.2) is 0 Å². The number of anilines is 1. The maximum Gasteiger partial charge on any atom is 0.227 e. The minimum absolute atomic E-state index is 0.0362. The van der Waals surface area contributed by atoms with Crippen LogP contribution in [0, 0.1) is 5.92 Å². The summed E-state index contributed by atoms with van der Waals surface area (Å²) in [5, 5.41) is 2.88. The van der Waals surface area contributed by atoms with Gasteiger partial charge >= 0.3 is 0 Å². The monoisotopic (exact) mass is 374 g/mol.